The molecule has 14 heteroatoms. The minimum absolute atomic E-state index is 0.149. The Morgan fingerprint density at radius 2 is 1.89 bits per heavy atom. The number of rotatable bonds is 8. The van der Waals surface area contributed by atoms with Gasteiger partial charge in [0.25, 0.3) is 0 Å². The first kappa shape index (κ1) is 25.7. The smallest absolute Gasteiger partial charge is 0.406 e. The molecule has 2 N–H and O–H groups in total. The zero-order valence-corrected chi connectivity index (χ0v) is 20.6. The number of aromatic nitrogens is 5. The summed E-state index contributed by atoms with van der Waals surface area (Å²) in [5.41, 5.74) is 3.50. The number of hydrogen-bond donors (Lipinski definition) is 2. The first-order valence-corrected chi connectivity index (χ1v) is 12.4. The molecule has 0 unspecified atom stereocenters. The highest BCUT2D eigenvalue weighted by molar-refractivity contribution is 5.76. The molecule has 3 aromatic rings. The van der Waals surface area contributed by atoms with E-state index in [4.69, 9.17) is 0 Å². The quantitative estimate of drug-likeness (QED) is 0.451. The van der Waals surface area contributed by atoms with Crippen LogP contribution < -0.4 is 15.0 Å². The lowest BCUT2D eigenvalue weighted by molar-refractivity contribution is -0.274. The number of piperazine rings is 1. The number of benzene rings is 1. The Kier molecular flexibility index (Phi) is 7.58. The lowest BCUT2D eigenvalue weighted by Gasteiger charge is -2.36. The van der Waals surface area contributed by atoms with Crippen molar-refractivity contribution >= 4 is 17.5 Å². The van der Waals surface area contributed by atoms with Crippen LogP contribution in [0.15, 0.2) is 36.7 Å². The number of carbonyl (C=O) groups is 1. The predicted molar refractivity (Wildman–Crippen MR) is 131 cm³/mol. The summed E-state index contributed by atoms with van der Waals surface area (Å²) in [5, 5.41) is 13.9. The SMILES string of the molecule is O=C(CCN1CCc2[nH]nnc2C1)N1CCN(c2cnc(NCc3cccc(OC(F)(F)F)c3)nc2)CC1. The van der Waals surface area contributed by atoms with E-state index in [1.807, 2.05) is 4.90 Å². The number of alkyl halides is 3. The van der Waals surface area contributed by atoms with E-state index < -0.39 is 6.36 Å². The molecule has 2 aromatic heterocycles. The van der Waals surface area contributed by atoms with Gasteiger partial charge in [-0.2, -0.15) is 0 Å². The van der Waals surface area contributed by atoms with Crippen LogP contribution in [0.2, 0.25) is 0 Å². The summed E-state index contributed by atoms with van der Waals surface area (Å²) in [6.45, 7) is 5.17. The average Bonchev–Trinajstić information content (AvgIpc) is 3.38. The van der Waals surface area contributed by atoms with Crippen LogP contribution in [-0.4, -0.2) is 86.7 Å². The topological polar surface area (TPSA) is 115 Å². The zero-order chi connectivity index (χ0) is 26.5. The lowest BCUT2D eigenvalue weighted by atomic mass is 10.1. The van der Waals surface area contributed by atoms with Crippen LogP contribution in [0.1, 0.15) is 23.4 Å². The summed E-state index contributed by atoms with van der Waals surface area (Å²) < 4.78 is 41.2. The standard InChI is InChI=1S/C24H28F3N9O2/c25-24(26,27)38-19-3-1-2-17(12-19)13-28-23-29-14-18(15-30-23)35-8-10-36(11-9-35)22(37)5-7-34-6-4-20-21(16-34)32-33-31-20/h1-3,12,14-15H,4-11,13,16H2,(H,28,29,30)(H,31,32,33). The van der Waals surface area contributed by atoms with Gasteiger partial charge in [0, 0.05) is 65.2 Å². The predicted octanol–water partition coefficient (Wildman–Crippen LogP) is 2.20. The Morgan fingerprint density at radius 3 is 2.66 bits per heavy atom. The summed E-state index contributed by atoms with van der Waals surface area (Å²) in [5.74, 6) is 0.235. The number of ether oxygens (including phenoxy) is 1. The Hall–Kier alpha value is -3.94. The lowest BCUT2D eigenvalue weighted by Crippen LogP contribution is -2.49. The molecule has 0 saturated carbocycles. The highest BCUT2D eigenvalue weighted by Crippen LogP contribution is 2.24. The maximum Gasteiger partial charge on any atom is 0.573 e. The average molecular weight is 532 g/mol. The van der Waals surface area contributed by atoms with Crippen LogP contribution in [0.25, 0.3) is 0 Å². The molecule has 2 aliphatic rings. The van der Waals surface area contributed by atoms with Crippen molar-refractivity contribution in [1.29, 1.82) is 0 Å². The minimum atomic E-state index is -4.74. The maximum atomic E-state index is 12.8. The van der Waals surface area contributed by atoms with Crippen LogP contribution in [-0.2, 0) is 24.3 Å². The maximum absolute atomic E-state index is 12.8. The molecule has 2 aliphatic heterocycles. The van der Waals surface area contributed by atoms with Gasteiger partial charge in [-0.25, -0.2) is 9.97 Å². The van der Waals surface area contributed by atoms with Crippen LogP contribution in [0.3, 0.4) is 0 Å². The van der Waals surface area contributed by atoms with E-state index in [2.05, 4.69) is 45.2 Å². The molecule has 0 radical (unpaired) electrons. The van der Waals surface area contributed by atoms with E-state index in [1.54, 1.807) is 18.5 Å². The molecular weight excluding hydrogens is 503 g/mol. The van der Waals surface area contributed by atoms with Gasteiger partial charge >= 0.3 is 6.36 Å². The summed E-state index contributed by atoms with van der Waals surface area (Å²) in [7, 11) is 0. The second-order valence-electron chi connectivity index (χ2n) is 9.19. The molecule has 202 valence electrons. The van der Waals surface area contributed by atoms with Crippen LogP contribution >= 0.6 is 0 Å². The Balaban J connectivity index is 1.05. The summed E-state index contributed by atoms with van der Waals surface area (Å²) in [6, 6.07) is 5.74. The fraction of sp³-hybridized carbons (Fsp3) is 0.458. The van der Waals surface area contributed by atoms with Crippen LogP contribution in [0.4, 0.5) is 24.8 Å². The van der Waals surface area contributed by atoms with E-state index in [9.17, 15) is 18.0 Å². The fourth-order valence-corrected chi connectivity index (χ4v) is 4.58. The molecule has 0 spiro atoms. The molecular formula is C24H28F3N9O2. The monoisotopic (exact) mass is 531 g/mol. The van der Waals surface area contributed by atoms with Gasteiger partial charge in [-0.15, -0.1) is 18.3 Å². The van der Waals surface area contributed by atoms with Gasteiger partial charge in [0.2, 0.25) is 11.9 Å². The number of nitrogens with zero attached hydrogens (tertiary/aromatic N) is 7. The summed E-state index contributed by atoms with van der Waals surface area (Å²) >= 11 is 0. The van der Waals surface area contributed by atoms with Crippen molar-refractivity contribution in [2.24, 2.45) is 0 Å². The van der Waals surface area contributed by atoms with Crippen LogP contribution in [0, 0.1) is 0 Å². The van der Waals surface area contributed by atoms with E-state index in [0.29, 0.717) is 50.7 Å². The highest BCUT2D eigenvalue weighted by atomic mass is 19.4. The summed E-state index contributed by atoms with van der Waals surface area (Å²) in [4.78, 5) is 27.7. The Bertz CT molecular complexity index is 1230. The number of anilines is 2. The third kappa shape index (κ3) is 6.68. The van der Waals surface area contributed by atoms with Gasteiger partial charge in [-0.1, -0.05) is 17.3 Å². The third-order valence-corrected chi connectivity index (χ3v) is 6.62. The highest BCUT2D eigenvalue weighted by Gasteiger charge is 2.31. The van der Waals surface area contributed by atoms with Crippen molar-refractivity contribution in [2.75, 3.05) is 49.5 Å². The number of amides is 1. The van der Waals surface area contributed by atoms with E-state index >= 15 is 0 Å². The second-order valence-corrected chi connectivity index (χ2v) is 9.19. The van der Waals surface area contributed by atoms with Crippen molar-refractivity contribution in [1.82, 2.24) is 35.2 Å². The van der Waals surface area contributed by atoms with Gasteiger partial charge in [-0.05, 0) is 17.7 Å². The largest absolute Gasteiger partial charge is 0.573 e. The molecule has 0 atom stereocenters. The normalized spacial score (nSPS) is 16.3. The van der Waals surface area contributed by atoms with Crippen LogP contribution in [0.5, 0.6) is 5.75 Å². The van der Waals surface area contributed by atoms with E-state index in [1.165, 1.54) is 18.2 Å². The third-order valence-electron chi connectivity index (χ3n) is 6.62. The molecule has 11 nitrogen and oxygen atoms in total. The van der Waals surface area contributed by atoms with Crippen molar-refractivity contribution < 1.29 is 22.7 Å². The van der Waals surface area contributed by atoms with Gasteiger partial charge in [0.15, 0.2) is 0 Å². The number of halogens is 3. The number of fused-ring (bicyclic) bond motifs is 1. The number of H-pyrrole nitrogens is 1. The Labute approximate surface area is 217 Å². The molecule has 1 saturated heterocycles. The number of carbonyl (C=O) groups excluding carboxylic acids is 1. The van der Waals surface area contributed by atoms with Crippen molar-refractivity contribution in [3.8, 4) is 5.75 Å². The fourth-order valence-electron chi connectivity index (χ4n) is 4.58. The van der Waals surface area contributed by atoms with Crippen molar-refractivity contribution in [3.63, 3.8) is 0 Å². The molecule has 1 amide bonds. The number of nitrogens with one attached hydrogen (secondary N) is 2. The van der Waals surface area contributed by atoms with E-state index in [0.717, 1.165) is 36.6 Å². The van der Waals surface area contributed by atoms with E-state index in [-0.39, 0.29) is 18.2 Å². The minimum Gasteiger partial charge on any atom is -0.406 e. The molecule has 4 heterocycles. The number of aromatic amines is 1. The molecule has 1 fully saturated rings. The van der Waals surface area contributed by atoms with Crippen molar-refractivity contribution in [3.05, 3.63) is 53.6 Å². The van der Waals surface area contributed by atoms with Gasteiger partial charge in [0.05, 0.1) is 29.5 Å². The Morgan fingerprint density at radius 1 is 1.11 bits per heavy atom. The second kappa shape index (κ2) is 11.2. The van der Waals surface area contributed by atoms with Gasteiger partial charge in [0.1, 0.15) is 5.75 Å². The first-order valence-electron chi connectivity index (χ1n) is 12.4. The first-order chi connectivity index (χ1) is 18.3. The molecule has 0 aliphatic carbocycles. The molecule has 0 bridgehead atoms. The van der Waals surface area contributed by atoms with Crippen molar-refractivity contribution in [2.45, 2.75) is 32.3 Å². The number of hydrogen-bond acceptors (Lipinski definition) is 9. The zero-order valence-electron chi connectivity index (χ0n) is 20.6. The molecule has 1 aromatic carbocycles. The summed E-state index contributed by atoms with van der Waals surface area (Å²) in [6.07, 6.45) is 0.00731. The molecule has 38 heavy (non-hydrogen) atoms. The van der Waals surface area contributed by atoms with Gasteiger partial charge < -0.3 is 19.9 Å². The molecule has 5 rings (SSSR count). The van der Waals surface area contributed by atoms with Gasteiger partial charge in [-0.3, -0.25) is 14.8 Å².